The van der Waals surface area contributed by atoms with Crippen LogP contribution in [0.5, 0.6) is 0 Å². The Bertz CT molecular complexity index is 654. The fraction of sp³-hybridized carbons (Fsp3) is 0.600. The number of benzene rings is 1. The minimum atomic E-state index is 0.169. The van der Waals surface area contributed by atoms with Crippen LogP contribution >= 0.6 is 11.6 Å². The molecule has 0 bridgehead atoms. The van der Waals surface area contributed by atoms with Crippen LogP contribution in [0.2, 0.25) is 5.02 Å². The van der Waals surface area contributed by atoms with E-state index >= 15 is 0 Å². The van der Waals surface area contributed by atoms with Gasteiger partial charge in [0.2, 0.25) is 5.91 Å². The number of amides is 1. The zero-order valence-electron chi connectivity index (χ0n) is 15.7. The van der Waals surface area contributed by atoms with E-state index in [9.17, 15) is 4.79 Å². The van der Waals surface area contributed by atoms with E-state index in [0.717, 1.165) is 37.0 Å². The van der Waals surface area contributed by atoms with Crippen molar-refractivity contribution >= 4 is 23.5 Å². The molecule has 2 fully saturated rings. The molecule has 1 aliphatic heterocycles. The number of nitrogens with one attached hydrogen (secondary N) is 2. The van der Waals surface area contributed by atoms with E-state index in [-0.39, 0.29) is 17.4 Å². The van der Waals surface area contributed by atoms with E-state index in [0.29, 0.717) is 6.42 Å². The first kappa shape index (κ1) is 19.0. The van der Waals surface area contributed by atoms with Crippen LogP contribution in [-0.2, 0) is 10.2 Å². The Kier molecular flexibility index (Phi) is 6.07. The molecule has 3 rings (SSSR count). The Labute approximate surface area is 161 Å². The summed E-state index contributed by atoms with van der Waals surface area (Å²) in [6.07, 6.45) is 5.16. The molecule has 1 saturated carbocycles. The fourth-order valence-electron chi connectivity index (χ4n) is 3.94. The number of halogens is 1. The number of carbonyl (C=O) groups is 1. The molecule has 6 heteroatoms. The van der Waals surface area contributed by atoms with Gasteiger partial charge >= 0.3 is 0 Å². The van der Waals surface area contributed by atoms with Gasteiger partial charge in [0.25, 0.3) is 0 Å². The average Bonchev–Trinajstić information content (AvgIpc) is 3.09. The lowest BCUT2D eigenvalue weighted by molar-refractivity contribution is -0.129. The molecule has 1 amide bonds. The molecule has 0 aromatic heterocycles. The Morgan fingerprint density at radius 1 is 1.35 bits per heavy atom. The van der Waals surface area contributed by atoms with Crippen LogP contribution in [-0.4, -0.2) is 49.5 Å². The molecule has 2 aliphatic rings. The summed E-state index contributed by atoms with van der Waals surface area (Å²) in [5.41, 5.74) is 1.51. The molecule has 0 spiro atoms. The highest BCUT2D eigenvalue weighted by atomic mass is 35.5. The Morgan fingerprint density at radius 2 is 2.08 bits per heavy atom. The highest BCUT2D eigenvalue weighted by molar-refractivity contribution is 6.30. The van der Waals surface area contributed by atoms with Crippen LogP contribution in [0.3, 0.4) is 0 Å². The second kappa shape index (κ2) is 8.30. The molecular weight excluding hydrogens is 348 g/mol. The minimum absolute atomic E-state index is 0.169. The lowest BCUT2D eigenvalue weighted by atomic mass is 9.64. The van der Waals surface area contributed by atoms with E-state index < -0.39 is 0 Å². The third kappa shape index (κ3) is 4.14. The Morgan fingerprint density at radius 3 is 2.65 bits per heavy atom. The number of hydrogen-bond donors (Lipinski definition) is 2. The van der Waals surface area contributed by atoms with Crippen LogP contribution in [0.25, 0.3) is 0 Å². The summed E-state index contributed by atoms with van der Waals surface area (Å²) in [6.45, 7) is 4.36. The SMILES string of the molecule is CCC(=O)N1CCC(NC(=NC)NCC2(c3ccc(Cl)cc3)CCC2)C1. The van der Waals surface area contributed by atoms with E-state index in [4.69, 9.17) is 11.6 Å². The van der Waals surface area contributed by atoms with Crippen molar-refractivity contribution in [3.05, 3.63) is 34.9 Å². The van der Waals surface area contributed by atoms with Gasteiger partial charge in [0.1, 0.15) is 0 Å². The molecule has 1 aromatic carbocycles. The monoisotopic (exact) mass is 376 g/mol. The molecule has 1 saturated heterocycles. The molecule has 2 N–H and O–H groups in total. The van der Waals surface area contributed by atoms with Crippen molar-refractivity contribution in [2.75, 3.05) is 26.7 Å². The first-order chi connectivity index (χ1) is 12.6. The standard InChI is InChI=1S/C20H29ClN4O/c1-3-18(26)25-12-9-17(13-25)24-19(22-2)23-14-20(10-4-11-20)15-5-7-16(21)8-6-15/h5-8,17H,3-4,9-14H2,1-2H3,(H2,22,23,24). The number of aliphatic imine (C=N–C) groups is 1. The normalized spacial score (nSPS) is 22.0. The minimum Gasteiger partial charge on any atom is -0.356 e. The number of carbonyl (C=O) groups excluding carboxylic acids is 1. The van der Waals surface area contributed by atoms with Crippen molar-refractivity contribution < 1.29 is 4.79 Å². The van der Waals surface area contributed by atoms with Crippen LogP contribution < -0.4 is 10.6 Å². The van der Waals surface area contributed by atoms with E-state index in [1.54, 1.807) is 7.05 Å². The maximum absolute atomic E-state index is 11.8. The van der Waals surface area contributed by atoms with Crippen molar-refractivity contribution in [3.63, 3.8) is 0 Å². The third-order valence-corrected chi connectivity index (χ3v) is 6.02. The van der Waals surface area contributed by atoms with Crippen LogP contribution in [0.1, 0.15) is 44.6 Å². The molecule has 1 heterocycles. The summed E-state index contributed by atoms with van der Waals surface area (Å²) < 4.78 is 0. The van der Waals surface area contributed by atoms with Gasteiger partial charge in [-0.1, -0.05) is 37.1 Å². The van der Waals surface area contributed by atoms with Gasteiger partial charge in [0.05, 0.1) is 0 Å². The topological polar surface area (TPSA) is 56.7 Å². The predicted octanol–water partition coefficient (Wildman–Crippen LogP) is 2.94. The first-order valence-electron chi connectivity index (χ1n) is 9.57. The number of guanidine groups is 1. The lowest BCUT2D eigenvalue weighted by Gasteiger charge is -2.43. The zero-order chi connectivity index (χ0) is 18.6. The van der Waals surface area contributed by atoms with Gasteiger partial charge in [-0.15, -0.1) is 0 Å². The third-order valence-electron chi connectivity index (χ3n) is 5.77. The Hall–Kier alpha value is -1.75. The van der Waals surface area contributed by atoms with Gasteiger partial charge in [-0.2, -0.15) is 0 Å². The smallest absolute Gasteiger partial charge is 0.222 e. The summed E-state index contributed by atoms with van der Waals surface area (Å²) in [5, 5.41) is 7.77. The summed E-state index contributed by atoms with van der Waals surface area (Å²) in [5.74, 6) is 1.05. The van der Waals surface area contributed by atoms with Gasteiger partial charge in [-0.05, 0) is 37.0 Å². The molecule has 0 radical (unpaired) electrons. The van der Waals surface area contributed by atoms with Crippen molar-refractivity contribution in [1.82, 2.24) is 15.5 Å². The van der Waals surface area contributed by atoms with Gasteiger partial charge in [-0.3, -0.25) is 9.79 Å². The first-order valence-corrected chi connectivity index (χ1v) is 9.95. The zero-order valence-corrected chi connectivity index (χ0v) is 16.5. The van der Waals surface area contributed by atoms with Gasteiger partial charge in [-0.25, -0.2) is 0 Å². The lowest BCUT2D eigenvalue weighted by Crippen LogP contribution is -2.51. The maximum atomic E-state index is 11.8. The van der Waals surface area contributed by atoms with Gasteiger partial charge in [0, 0.05) is 49.6 Å². The molecular formula is C20H29ClN4O. The predicted molar refractivity (Wildman–Crippen MR) is 107 cm³/mol. The number of hydrogen-bond acceptors (Lipinski definition) is 2. The van der Waals surface area contributed by atoms with E-state index in [1.165, 1.54) is 24.8 Å². The molecule has 5 nitrogen and oxygen atoms in total. The molecule has 26 heavy (non-hydrogen) atoms. The number of rotatable bonds is 5. The maximum Gasteiger partial charge on any atom is 0.222 e. The van der Waals surface area contributed by atoms with Crippen molar-refractivity contribution in [2.45, 2.75) is 50.5 Å². The van der Waals surface area contributed by atoms with Crippen molar-refractivity contribution in [2.24, 2.45) is 4.99 Å². The highest BCUT2D eigenvalue weighted by Gasteiger charge is 2.38. The Balaban J connectivity index is 1.55. The van der Waals surface area contributed by atoms with Gasteiger partial charge in [0.15, 0.2) is 5.96 Å². The highest BCUT2D eigenvalue weighted by Crippen LogP contribution is 2.43. The fourth-order valence-corrected chi connectivity index (χ4v) is 4.07. The van der Waals surface area contributed by atoms with E-state index in [2.05, 4.69) is 27.8 Å². The van der Waals surface area contributed by atoms with Crippen LogP contribution in [0.4, 0.5) is 0 Å². The second-order valence-corrected chi connectivity index (χ2v) is 7.83. The summed E-state index contributed by atoms with van der Waals surface area (Å²) in [6, 6.07) is 8.50. The van der Waals surface area contributed by atoms with Crippen molar-refractivity contribution in [3.8, 4) is 0 Å². The number of nitrogens with zero attached hydrogens (tertiary/aromatic N) is 2. The van der Waals surface area contributed by atoms with Crippen molar-refractivity contribution in [1.29, 1.82) is 0 Å². The quantitative estimate of drug-likeness (QED) is 0.613. The molecule has 1 unspecified atom stereocenters. The summed E-state index contributed by atoms with van der Waals surface area (Å²) in [4.78, 5) is 18.2. The largest absolute Gasteiger partial charge is 0.356 e. The number of likely N-dealkylation sites (tertiary alicyclic amines) is 1. The molecule has 142 valence electrons. The molecule has 1 aliphatic carbocycles. The average molecular weight is 377 g/mol. The van der Waals surface area contributed by atoms with E-state index in [1.807, 2.05) is 24.0 Å². The second-order valence-electron chi connectivity index (χ2n) is 7.39. The molecule has 1 atom stereocenters. The molecule has 1 aromatic rings. The van der Waals surface area contributed by atoms with Gasteiger partial charge < -0.3 is 15.5 Å². The van der Waals surface area contributed by atoms with Crippen LogP contribution in [0, 0.1) is 0 Å². The summed E-state index contributed by atoms with van der Waals surface area (Å²) >= 11 is 6.04. The van der Waals surface area contributed by atoms with Crippen LogP contribution in [0.15, 0.2) is 29.3 Å². The summed E-state index contributed by atoms with van der Waals surface area (Å²) in [7, 11) is 1.80.